The minimum absolute atomic E-state index is 0.0693. The number of nitrogens with one attached hydrogen (secondary N) is 1. The van der Waals surface area contributed by atoms with Gasteiger partial charge in [-0.2, -0.15) is 0 Å². The first kappa shape index (κ1) is 13.8. The van der Waals surface area contributed by atoms with Crippen LogP contribution in [0.3, 0.4) is 0 Å². The van der Waals surface area contributed by atoms with Gasteiger partial charge in [0.25, 0.3) is 0 Å². The molecule has 0 spiro atoms. The van der Waals surface area contributed by atoms with Crippen molar-refractivity contribution in [3.05, 3.63) is 64.8 Å². The van der Waals surface area contributed by atoms with Gasteiger partial charge in [0, 0.05) is 33.0 Å². The molecule has 2 aromatic carbocycles. The smallest absolute Gasteiger partial charge is 0.159 e. The number of anilines is 2. The van der Waals surface area contributed by atoms with Gasteiger partial charge in [-0.15, -0.1) is 0 Å². The number of Topliss-reactive ketones (excluding diaryl/α,β-unsaturated/α-hetero) is 1. The van der Waals surface area contributed by atoms with Crippen molar-refractivity contribution in [2.45, 2.75) is 6.92 Å². The van der Waals surface area contributed by atoms with Crippen LogP contribution in [0.25, 0.3) is 10.9 Å². The number of aromatic nitrogens is 1. The van der Waals surface area contributed by atoms with Gasteiger partial charge in [0.05, 0.1) is 5.52 Å². The van der Waals surface area contributed by atoms with Crippen LogP contribution in [-0.2, 0) is 0 Å². The number of pyridine rings is 1. The van der Waals surface area contributed by atoms with Crippen LogP contribution in [0.15, 0.2) is 59.2 Å². The van der Waals surface area contributed by atoms with Crippen molar-refractivity contribution < 1.29 is 4.79 Å². The molecule has 1 aromatic heterocycles. The number of carbonyl (C=O) groups excluding carboxylic acids is 1. The van der Waals surface area contributed by atoms with Crippen molar-refractivity contribution in [1.82, 2.24) is 4.98 Å². The molecule has 104 valence electrons. The van der Waals surface area contributed by atoms with Crippen molar-refractivity contribution in [2.24, 2.45) is 0 Å². The monoisotopic (exact) mass is 340 g/mol. The van der Waals surface area contributed by atoms with E-state index < -0.39 is 0 Å². The van der Waals surface area contributed by atoms with E-state index in [9.17, 15) is 4.79 Å². The molecule has 0 unspecified atom stereocenters. The molecule has 0 fully saturated rings. The van der Waals surface area contributed by atoms with Gasteiger partial charge in [0.15, 0.2) is 5.78 Å². The molecule has 0 atom stereocenters. The van der Waals surface area contributed by atoms with E-state index >= 15 is 0 Å². The Balaban J connectivity index is 1.97. The third-order valence-corrected chi connectivity index (χ3v) is 3.77. The summed E-state index contributed by atoms with van der Waals surface area (Å²) in [4.78, 5) is 15.6. The zero-order chi connectivity index (χ0) is 14.8. The fourth-order valence-electron chi connectivity index (χ4n) is 2.17. The summed E-state index contributed by atoms with van der Waals surface area (Å²) in [5.41, 5.74) is 3.57. The van der Waals surface area contributed by atoms with E-state index in [-0.39, 0.29) is 5.78 Å². The van der Waals surface area contributed by atoms with Crippen molar-refractivity contribution in [3.8, 4) is 0 Å². The van der Waals surface area contributed by atoms with Crippen molar-refractivity contribution in [2.75, 3.05) is 5.32 Å². The molecular formula is C17H13BrN2O. The average Bonchev–Trinajstić information content (AvgIpc) is 2.48. The number of carbonyl (C=O) groups is 1. The van der Waals surface area contributed by atoms with Crippen molar-refractivity contribution >= 4 is 44.0 Å². The molecule has 0 aliphatic carbocycles. The van der Waals surface area contributed by atoms with Gasteiger partial charge in [-0.1, -0.05) is 15.9 Å². The number of fused-ring (bicyclic) bond motifs is 1. The Morgan fingerprint density at radius 2 is 1.86 bits per heavy atom. The van der Waals surface area contributed by atoms with Gasteiger partial charge in [0.2, 0.25) is 0 Å². The summed E-state index contributed by atoms with van der Waals surface area (Å²) in [6.45, 7) is 1.57. The van der Waals surface area contributed by atoms with Gasteiger partial charge >= 0.3 is 0 Å². The third kappa shape index (κ3) is 2.95. The van der Waals surface area contributed by atoms with Gasteiger partial charge in [-0.3, -0.25) is 9.78 Å². The van der Waals surface area contributed by atoms with Crippen LogP contribution in [0.2, 0.25) is 0 Å². The zero-order valence-corrected chi connectivity index (χ0v) is 13.0. The molecule has 0 aliphatic rings. The second kappa shape index (κ2) is 5.66. The predicted molar refractivity (Wildman–Crippen MR) is 89.2 cm³/mol. The number of nitrogens with zero attached hydrogens (tertiary/aromatic N) is 1. The summed E-state index contributed by atoms with van der Waals surface area (Å²) in [5, 5.41) is 4.41. The maximum Gasteiger partial charge on any atom is 0.159 e. The van der Waals surface area contributed by atoms with Crippen LogP contribution in [0.4, 0.5) is 11.4 Å². The number of hydrogen-bond acceptors (Lipinski definition) is 3. The zero-order valence-electron chi connectivity index (χ0n) is 11.4. The van der Waals surface area contributed by atoms with Crippen molar-refractivity contribution in [3.63, 3.8) is 0 Å². The Morgan fingerprint density at radius 3 is 2.57 bits per heavy atom. The van der Waals surface area contributed by atoms with E-state index in [4.69, 9.17) is 0 Å². The molecular weight excluding hydrogens is 328 g/mol. The Hall–Kier alpha value is -2.20. The minimum Gasteiger partial charge on any atom is -0.355 e. The minimum atomic E-state index is 0.0693. The van der Waals surface area contributed by atoms with Gasteiger partial charge in [-0.25, -0.2) is 0 Å². The van der Waals surface area contributed by atoms with E-state index in [2.05, 4.69) is 26.2 Å². The van der Waals surface area contributed by atoms with Crippen LogP contribution < -0.4 is 5.32 Å². The van der Waals surface area contributed by atoms with Crippen LogP contribution in [0, 0.1) is 0 Å². The fraction of sp³-hybridized carbons (Fsp3) is 0.0588. The Morgan fingerprint density at radius 1 is 1.10 bits per heavy atom. The first-order valence-electron chi connectivity index (χ1n) is 6.56. The quantitative estimate of drug-likeness (QED) is 0.686. The highest BCUT2D eigenvalue weighted by Gasteiger charge is 2.04. The van der Waals surface area contributed by atoms with E-state index in [1.165, 1.54) is 0 Å². The summed E-state index contributed by atoms with van der Waals surface area (Å²) in [7, 11) is 0. The maximum atomic E-state index is 11.3. The molecule has 1 N–H and O–H groups in total. The highest BCUT2D eigenvalue weighted by atomic mass is 79.9. The molecule has 1 heterocycles. The lowest BCUT2D eigenvalue weighted by Crippen LogP contribution is -1.95. The molecule has 21 heavy (non-hydrogen) atoms. The predicted octanol–water partition coefficient (Wildman–Crippen LogP) is 4.94. The standard InChI is InChI=1S/C17H13BrN2O/c1-11(21)12-2-5-14(6-3-12)20-17-8-9-19-16-7-4-13(18)10-15(16)17/h2-10H,1H3,(H,19,20). The Kier molecular flexibility index (Phi) is 3.71. The topological polar surface area (TPSA) is 42.0 Å². The molecule has 0 bridgehead atoms. The summed E-state index contributed by atoms with van der Waals surface area (Å²) >= 11 is 3.48. The highest BCUT2D eigenvalue weighted by Crippen LogP contribution is 2.27. The summed E-state index contributed by atoms with van der Waals surface area (Å²) in [5.74, 6) is 0.0693. The Labute approximate surface area is 131 Å². The molecule has 4 heteroatoms. The lowest BCUT2D eigenvalue weighted by atomic mass is 10.1. The molecule has 0 aliphatic heterocycles. The van der Waals surface area contributed by atoms with Crippen LogP contribution in [0.1, 0.15) is 17.3 Å². The molecule has 0 radical (unpaired) electrons. The second-order valence-corrected chi connectivity index (χ2v) is 5.69. The molecule has 3 aromatic rings. The van der Waals surface area contributed by atoms with Crippen molar-refractivity contribution in [1.29, 1.82) is 0 Å². The van der Waals surface area contributed by atoms with E-state index in [1.54, 1.807) is 13.1 Å². The SMILES string of the molecule is CC(=O)c1ccc(Nc2ccnc3ccc(Br)cc23)cc1. The third-order valence-electron chi connectivity index (χ3n) is 3.27. The summed E-state index contributed by atoms with van der Waals surface area (Å²) in [6, 6.07) is 15.4. The van der Waals surface area contributed by atoms with Crippen LogP contribution in [-0.4, -0.2) is 10.8 Å². The molecule has 3 nitrogen and oxygen atoms in total. The lowest BCUT2D eigenvalue weighted by molar-refractivity contribution is 0.101. The first-order chi connectivity index (χ1) is 10.1. The molecule has 0 saturated carbocycles. The normalized spacial score (nSPS) is 10.6. The highest BCUT2D eigenvalue weighted by molar-refractivity contribution is 9.10. The number of hydrogen-bond donors (Lipinski definition) is 1. The van der Waals surface area contributed by atoms with Gasteiger partial charge in [0.1, 0.15) is 0 Å². The fourth-order valence-corrected chi connectivity index (χ4v) is 2.53. The maximum absolute atomic E-state index is 11.3. The Bertz CT molecular complexity index is 813. The number of benzene rings is 2. The van der Waals surface area contributed by atoms with Gasteiger partial charge < -0.3 is 5.32 Å². The lowest BCUT2D eigenvalue weighted by Gasteiger charge is -2.10. The summed E-state index contributed by atoms with van der Waals surface area (Å²) < 4.78 is 1.01. The molecule has 0 amide bonds. The molecule has 3 rings (SSSR count). The van der Waals surface area contributed by atoms with E-state index in [1.807, 2.05) is 48.5 Å². The van der Waals surface area contributed by atoms with Gasteiger partial charge in [-0.05, 0) is 55.5 Å². The molecule has 0 saturated heterocycles. The number of ketones is 1. The largest absolute Gasteiger partial charge is 0.355 e. The van der Waals surface area contributed by atoms with E-state index in [0.717, 1.165) is 26.8 Å². The number of halogens is 1. The van der Waals surface area contributed by atoms with Crippen LogP contribution in [0.5, 0.6) is 0 Å². The number of rotatable bonds is 3. The average molecular weight is 341 g/mol. The second-order valence-electron chi connectivity index (χ2n) is 4.78. The summed E-state index contributed by atoms with van der Waals surface area (Å²) in [6.07, 6.45) is 1.78. The van der Waals surface area contributed by atoms with E-state index in [0.29, 0.717) is 5.56 Å². The first-order valence-corrected chi connectivity index (χ1v) is 7.35. The van der Waals surface area contributed by atoms with Crippen LogP contribution >= 0.6 is 15.9 Å².